The van der Waals surface area contributed by atoms with Crippen LogP contribution < -0.4 is 0 Å². The van der Waals surface area contributed by atoms with Gasteiger partial charge in [-0.1, -0.05) is 23.2 Å². The van der Waals surface area contributed by atoms with Crippen LogP contribution in [0.4, 0.5) is 0 Å². The third kappa shape index (κ3) is 3.91. The fraction of sp³-hybridized carbons (Fsp3) is 0.368. The average molecular weight is 420 g/mol. The highest BCUT2D eigenvalue weighted by molar-refractivity contribution is 6.31. The molecular weight excluding hydrogens is 401 g/mol. The minimum atomic E-state index is -0.0454. The molecule has 1 aliphatic carbocycles. The van der Waals surface area contributed by atoms with Crippen molar-refractivity contribution < 1.29 is 9.21 Å². The molecule has 0 saturated heterocycles. The molecule has 1 amide bonds. The predicted molar refractivity (Wildman–Crippen MR) is 105 cm³/mol. The number of rotatable bonds is 6. The maximum Gasteiger partial charge on any atom is 0.247 e. The predicted octanol–water partition coefficient (Wildman–Crippen LogP) is 4.05. The van der Waals surface area contributed by atoms with Crippen LogP contribution in [0.2, 0.25) is 10.0 Å². The highest BCUT2D eigenvalue weighted by atomic mass is 35.5. The molecule has 0 unspecified atom stereocenters. The zero-order valence-electron chi connectivity index (χ0n) is 15.5. The van der Waals surface area contributed by atoms with Crippen LogP contribution in [-0.4, -0.2) is 36.8 Å². The molecule has 0 bridgehead atoms. The third-order valence-corrected chi connectivity index (χ3v) is 5.55. The summed E-state index contributed by atoms with van der Waals surface area (Å²) in [5.74, 6) is 0.757. The molecule has 3 aromatic rings. The minimum absolute atomic E-state index is 0.0454. The smallest absolute Gasteiger partial charge is 0.247 e. The van der Waals surface area contributed by atoms with E-state index in [0.29, 0.717) is 21.8 Å². The van der Waals surface area contributed by atoms with E-state index in [1.165, 1.54) is 0 Å². The molecule has 7 nitrogen and oxygen atoms in total. The fourth-order valence-corrected chi connectivity index (χ4v) is 3.29. The van der Waals surface area contributed by atoms with Gasteiger partial charge in [-0.15, -0.1) is 10.2 Å². The van der Waals surface area contributed by atoms with Gasteiger partial charge in [0, 0.05) is 16.6 Å². The summed E-state index contributed by atoms with van der Waals surface area (Å²) in [6.07, 6.45) is 1.95. The standard InChI is InChI=1S/C19H19Cl2N5O2/c1-11-18(21)12(2)26(24-11)10-17(27)25(15-7-8-15)9-16-22-23-19(28-16)13-3-5-14(20)6-4-13/h3-6,15H,7-10H2,1-2H3. The Morgan fingerprint density at radius 2 is 1.93 bits per heavy atom. The quantitative estimate of drug-likeness (QED) is 0.602. The first kappa shape index (κ1) is 19.0. The van der Waals surface area contributed by atoms with Gasteiger partial charge in [-0.3, -0.25) is 9.48 Å². The molecule has 0 spiro atoms. The molecule has 28 heavy (non-hydrogen) atoms. The van der Waals surface area contributed by atoms with Gasteiger partial charge in [0.05, 0.1) is 23.0 Å². The van der Waals surface area contributed by atoms with Crippen molar-refractivity contribution in [2.75, 3.05) is 0 Å². The van der Waals surface area contributed by atoms with E-state index in [0.717, 1.165) is 29.8 Å². The van der Waals surface area contributed by atoms with Crippen LogP contribution >= 0.6 is 23.2 Å². The van der Waals surface area contributed by atoms with Crippen molar-refractivity contribution in [2.24, 2.45) is 0 Å². The minimum Gasteiger partial charge on any atom is -0.419 e. The molecule has 0 aliphatic heterocycles. The third-order valence-electron chi connectivity index (χ3n) is 4.75. The van der Waals surface area contributed by atoms with Crippen LogP contribution in [0.5, 0.6) is 0 Å². The summed E-state index contributed by atoms with van der Waals surface area (Å²) in [6.45, 7) is 4.09. The fourth-order valence-electron chi connectivity index (χ4n) is 3.03. The number of aromatic nitrogens is 4. The van der Waals surface area contributed by atoms with Gasteiger partial charge in [0.25, 0.3) is 0 Å². The van der Waals surface area contributed by atoms with E-state index in [2.05, 4.69) is 15.3 Å². The Bertz CT molecular complexity index is 1010. The summed E-state index contributed by atoms with van der Waals surface area (Å²) in [5, 5.41) is 13.8. The molecule has 1 aromatic carbocycles. The number of hydrogen-bond donors (Lipinski definition) is 0. The van der Waals surface area contributed by atoms with Gasteiger partial charge in [-0.2, -0.15) is 5.10 Å². The van der Waals surface area contributed by atoms with Crippen molar-refractivity contribution in [3.8, 4) is 11.5 Å². The van der Waals surface area contributed by atoms with E-state index in [4.69, 9.17) is 27.6 Å². The van der Waals surface area contributed by atoms with Crippen molar-refractivity contribution in [3.63, 3.8) is 0 Å². The normalized spacial score (nSPS) is 13.7. The average Bonchev–Trinajstić information content (AvgIpc) is 3.36. The summed E-state index contributed by atoms with van der Waals surface area (Å²) in [5.41, 5.74) is 2.28. The number of halogens is 2. The van der Waals surface area contributed by atoms with Crippen molar-refractivity contribution in [1.82, 2.24) is 24.9 Å². The number of benzene rings is 1. The second kappa shape index (κ2) is 7.56. The molecule has 0 radical (unpaired) electrons. The van der Waals surface area contributed by atoms with Crippen LogP contribution in [0.25, 0.3) is 11.5 Å². The molecule has 1 saturated carbocycles. The SMILES string of the molecule is Cc1nn(CC(=O)N(Cc2nnc(-c3ccc(Cl)cc3)o2)C2CC2)c(C)c1Cl. The first-order valence-corrected chi connectivity index (χ1v) is 9.75. The van der Waals surface area contributed by atoms with E-state index in [1.54, 1.807) is 21.7 Å². The highest BCUT2D eigenvalue weighted by Crippen LogP contribution is 2.29. The molecule has 9 heteroatoms. The molecule has 0 N–H and O–H groups in total. The molecule has 1 aliphatic rings. The largest absolute Gasteiger partial charge is 0.419 e. The number of amides is 1. The van der Waals surface area contributed by atoms with Gasteiger partial charge in [-0.05, 0) is 51.0 Å². The van der Waals surface area contributed by atoms with Gasteiger partial charge in [0.2, 0.25) is 17.7 Å². The van der Waals surface area contributed by atoms with Crippen molar-refractivity contribution in [3.05, 3.63) is 51.6 Å². The second-order valence-corrected chi connectivity index (χ2v) is 7.72. The first-order valence-electron chi connectivity index (χ1n) is 8.99. The lowest BCUT2D eigenvalue weighted by Gasteiger charge is -2.20. The van der Waals surface area contributed by atoms with Crippen molar-refractivity contribution >= 4 is 29.1 Å². The topological polar surface area (TPSA) is 77.1 Å². The van der Waals surface area contributed by atoms with Crippen molar-refractivity contribution in [2.45, 2.75) is 45.8 Å². The Hall–Kier alpha value is -2.38. The lowest BCUT2D eigenvalue weighted by Crippen LogP contribution is -2.35. The maximum atomic E-state index is 12.9. The summed E-state index contributed by atoms with van der Waals surface area (Å²) in [6, 6.07) is 7.36. The number of carbonyl (C=O) groups is 1. The van der Waals surface area contributed by atoms with Gasteiger partial charge in [0.1, 0.15) is 6.54 Å². The zero-order chi connectivity index (χ0) is 19.8. The Balaban J connectivity index is 1.49. The van der Waals surface area contributed by atoms with Crippen LogP contribution in [0.15, 0.2) is 28.7 Å². The lowest BCUT2D eigenvalue weighted by molar-refractivity contribution is -0.133. The van der Waals surface area contributed by atoms with E-state index in [9.17, 15) is 4.79 Å². The van der Waals surface area contributed by atoms with Gasteiger partial charge in [-0.25, -0.2) is 0 Å². The van der Waals surface area contributed by atoms with Crippen LogP contribution in [0.1, 0.15) is 30.1 Å². The van der Waals surface area contributed by atoms with Crippen LogP contribution in [-0.2, 0) is 17.9 Å². The summed E-state index contributed by atoms with van der Waals surface area (Å²) < 4.78 is 7.40. The second-order valence-electron chi connectivity index (χ2n) is 6.90. The van der Waals surface area contributed by atoms with E-state index < -0.39 is 0 Å². The molecular formula is C19H19Cl2N5O2. The Morgan fingerprint density at radius 3 is 2.54 bits per heavy atom. The van der Waals surface area contributed by atoms with Gasteiger partial charge < -0.3 is 9.32 Å². The van der Waals surface area contributed by atoms with E-state index in [-0.39, 0.29) is 25.0 Å². The first-order chi connectivity index (χ1) is 13.4. The monoisotopic (exact) mass is 419 g/mol. The molecule has 2 aromatic heterocycles. The number of aryl methyl sites for hydroxylation is 1. The highest BCUT2D eigenvalue weighted by Gasteiger charge is 2.34. The molecule has 146 valence electrons. The van der Waals surface area contributed by atoms with Crippen LogP contribution in [0, 0.1) is 13.8 Å². The number of carbonyl (C=O) groups excluding carboxylic acids is 1. The van der Waals surface area contributed by atoms with E-state index >= 15 is 0 Å². The van der Waals surface area contributed by atoms with Crippen LogP contribution in [0.3, 0.4) is 0 Å². The summed E-state index contributed by atoms with van der Waals surface area (Å²) >= 11 is 12.1. The lowest BCUT2D eigenvalue weighted by atomic mass is 10.2. The number of hydrogen-bond acceptors (Lipinski definition) is 5. The van der Waals surface area contributed by atoms with Gasteiger partial charge >= 0.3 is 0 Å². The van der Waals surface area contributed by atoms with Crippen molar-refractivity contribution in [1.29, 1.82) is 0 Å². The molecule has 1 fully saturated rings. The zero-order valence-corrected chi connectivity index (χ0v) is 17.0. The summed E-state index contributed by atoms with van der Waals surface area (Å²) in [4.78, 5) is 14.7. The summed E-state index contributed by atoms with van der Waals surface area (Å²) in [7, 11) is 0. The van der Waals surface area contributed by atoms with E-state index in [1.807, 2.05) is 26.0 Å². The molecule has 0 atom stereocenters. The molecule has 2 heterocycles. The maximum absolute atomic E-state index is 12.9. The molecule has 4 rings (SSSR count). The number of nitrogens with zero attached hydrogens (tertiary/aromatic N) is 5. The Labute approximate surface area is 172 Å². The Morgan fingerprint density at radius 1 is 1.21 bits per heavy atom. The van der Waals surface area contributed by atoms with Gasteiger partial charge in [0.15, 0.2) is 0 Å². The Kier molecular flexibility index (Phi) is 5.12.